The van der Waals surface area contributed by atoms with Gasteiger partial charge in [-0.05, 0) is 23.8 Å². The minimum atomic E-state index is -0.319. The second-order valence-electron chi connectivity index (χ2n) is 4.99. The van der Waals surface area contributed by atoms with E-state index >= 15 is 0 Å². The summed E-state index contributed by atoms with van der Waals surface area (Å²) in [4.78, 5) is 25.4. The number of nitrogens with one attached hydrogen (secondary N) is 1. The van der Waals surface area contributed by atoms with Crippen LogP contribution in [0.1, 0.15) is 12.5 Å². The van der Waals surface area contributed by atoms with E-state index in [1.165, 1.54) is 11.8 Å². The number of benzene rings is 2. The summed E-state index contributed by atoms with van der Waals surface area (Å²) in [6, 6.07) is 14.2. The van der Waals surface area contributed by atoms with Crippen LogP contribution in [0.4, 0.5) is 5.69 Å². The summed E-state index contributed by atoms with van der Waals surface area (Å²) in [5.74, 6) is -0.528. The van der Waals surface area contributed by atoms with Gasteiger partial charge in [-0.15, -0.1) is 0 Å². The van der Waals surface area contributed by atoms with Gasteiger partial charge in [-0.1, -0.05) is 53.5 Å². The maximum absolute atomic E-state index is 12.2. The fourth-order valence-corrected chi connectivity index (χ4v) is 2.41. The van der Waals surface area contributed by atoms with Gasteiger partial charge in [-0.25, -0.2) is 0 Å². The molecule has 0 aromatic heterocycles. The highest BCUT2D eigenvalue weighted by Crippen LogP contribution is 2.21. The Morgan fingerprint density at radius 2 is 1.61 bits per heavy atom. The summed E-state index contributed by atoms with van der Waals surface area (Å²) in [7, 11) is 0. The van der Waals surface area contributed by atoms with Gasteiger partial charge in [0.05, 0.1) is 10.7 Å². The van der Waals surface area contributed by atoms with Crippen LogP contribution in [0.15, 0.2) is 48.5 Å². The molecule has 2 amide bonds. The molecule has 2 aromatic carbocycles. The molecule has 0 aliphatic heterocycles. The van der Waals surface area contributed by atoms with Crippen molar-refractivity contribution in [2.24, 2.45) is 0 Å². The minimum absolute atomic E-state index is 0.0776. The number of anilines is 1. The molecule has 0 saturated carbocycles. The third-order valence-corrected chi connectivity index (χ3v) is 3.95. The molecule has 0 unspecified atom stereocenters. The van der Waals surface area contributed by atoms with Crippen molar-refractivity contribution >= 4 is 40.7 Å². The molecule has 0 radical (unpaired) electrons. The van der Waals surface area contributed by atoms with Gasteiger partial charge in [-0.3, -0.25) is 9.59 Å². The average molecular weight is 351 g/mol. The molecule has 0 fully saturated rings. The molecule has 0 aliphatic rings. The molecule has 6 heteroatoms. The Morgan fingerprint density at radius 1 is 1.00 bits per heavy atom. The van der Waals surface area contributed by atoms with E-state index in [9.17, 15) is 9.59 Å². The lowest BCUT2D eigenvalue weighted by molar-refractivity contribution is -0.133. The zero-order valence-corrected chi connectivity index (χ0v) is 14.1. The molecule has 120 valence electrons. The van der Waals surface area contributed by atoms with E-state index in [1.54, 1.807) is 30.3 Å². The van der Waals surface area contributed by atoms with Crippen LogP contribution in [-0.2, 0) is 16.1 Å². The molecule has 23 heavy (non-hydrogen) atoms. The van der Waals surface area contributed by atoms with Crippen LogP contribution in [0.3, 0.4) is 0 Å². The van der Waals surface area contributed by atoms with Crippen molar-refractivity contribution in [1.29, 1.82) is 0 Å². The summed E-state index contributed by atoms with van der Waals surface area (Å²) in [6.07, 6.45) is 0. The first kappa shape index (κ1) is 17.3. The van der Waals surface area contributed by atoms with Crippen molar-refractivity contribution < 1.29 is 9.59 Å². The molecule has 0 atom stereocenters. The van der Waals surface area contributed by atoms with E-state index in [1.807, 2.05) is 18.2 Å². The molecule has 2 rings (SSSR count). The van der Waals surface area contributed by atoms with E-state index in [0.717, 1.165) is 5.56 Å². The normalized spacial score (nSPS) is 10.2. The Hall–Kier alpha value is -2.04. The molecule has 0 saturated heterocycles. The largest absolute Gasteiger partial charge is 0.329 e. The van der Waals surface area contributed by atoms with Crippen LogP contribution < -0.4 is 5.32 Å². The van der Waals surface area contributed by atoms with Crippen LogP contribution in [-0.4, -0.2) is 23.3 Å². The molecule has 2 aromatic rings. The highest BCUT2D eigenvalue weighted by Gasteiger charge is 2.16. The summed E-state index contributed by atoms with van der Waals surface area (Å²) in [6.45, 7) is 1.61. The monoisotopic (exact) mass is 350 g/mol. The number of carbonyl (C=O) groups is 2. The number of halogens is 2. The van der Waals surface area contributed by atoms with Gasteiger partial charge in [0.15, 0.2) is 0 Å². The number of amides is 2. The molecule has 0 aliphatic carbocycles. The summed E-state index contributed by atoms with van der Waals surface area (Å²) >= 11 is 12.1. The van der Waals surface area contributed by atoms with E-state index in [2.05, 4.69) is 5.32 Å². The van der Waals surface area contributed by atoms with Crippen LogP contribution in [0.25, 0.3) is 0 Å². The van der Waals surface area contributed by atoms with E-state index < -0.39 is 0 Å². The number of carbonyl (C=O) groups excluding carboxylic acids is 2. The lowest BCUT2D eigenvalue weighted by atomic mass is 10.2. The summed E-state index contributed by atoms with van der Waals surface area (Å²) in [5.41, 5.74) is 1.30. The summed E-state index contributed by atoms with van der Waals surface area (Å²) in [5, 5.41) is 3.70. The summed E-state index contributed by atoms with van der Waals surface area (Å²) < 4.78 is 0. The first-order valence-corrected chi connectivity index (χ1v) is 7.76. The van der Waals surface area contributed by atoms with Crippen molar-refractivity contribution in [2.45, 2.75) is 13.5 Å². The van der Waals surface area contributed by atoms with Crippen molar-refractivity contribution in [3.8, 4) is 0 Å². The third-order valence-electron chi connectivity index (χ3n) is 3.25. The average Bonchev–Trinajstić information content (AvgIpc) is 2.51. The molecule has 0 spiro atoms. The van der Waals surface area contributed by atoms with Gasteiger partial charge in [0, 0.05) is 18.5 Å². The van der Waals surface area contributed by atoms with E-state index in [4.69, 9.17) is 23.2 Å². The van der Waals surface area contributed by atoms with Crippen molar-refractivity contribution in [2.75, 3.05) is 11.9 Å². The Bertz CT molecular complexity index is 719. The van der Waals surface area contributed by atoms with Crippen molar-refractivity contribution in [3.05, 3.63) is 64.1 Å². The first-order chi connectivity index (χ1) is 11.0. The van der Waals surface area contributed by atoms with E-state index in [0.29, 0.717) is 15.7 Å². The zero-order valence-electron chi connectivity index (χ0n) is 12.6. The number of hydrogen-bond donors (Lipinski definition) is 1. The van der Waals surface area contributed by atoms with Crippen LogP contribution in [0.5, 0.6) is 0 Å². The maximum atomic E-state index is 12.2. The number of rotatable bonds is 5. The van der Waals surface area contributed by atoms with Crippen LogP contribution in [0, 0.1) is 0 Å². The van der Waals surface area contributed by atoms with Crippen LogP contribution >= 0.6 is 23.2 Å². The minimum Gasteiger partial charge on any atom is -0.329 e. The highest BCUT2D eigenvalue weighted by molar-refractivity contribution is 6.33. The van der Waals surface area contributed by atoms with Gasteiger partial charge in [0.25, 0.3) is 0 Å². The van der Waals surface area contributed by atoms with Crippen molar-refractivity contribution in [1.82, 2.24) is 4.90 Å². The number of nitrogens with zero attached hydrogens (tertiary/aromatic N) is 1. The number of hydrogen-bond acceptors (Lipinski definition) is 2. The van der Waals surface area contributed by atoms with Gasteiger partial charge >= 0.3 is 0 Å². The molecule has 4 nitrogen and oxygen atoms in total. The van der Waals surface area contributed by atoms with Crippen LogP contribution in [0.2, 0.25) is 10.0 Å². The molecule has 1 N–H and O–H groups in total. The Kier molecular flexibility index (Phi) is 6.02. The molecule has 0 bridgehead atoms. The lowest BCUT2D eigenvalue weighted by Gasteiger charge is -2.21. The second kappa shape index (κ2) is 7.99. The van der Waals surface area contributed by atoms with Crippen molar-refractivity contribution in [3.63, 3.8) is 0 Å². The maximum Gasteiger partial charge on any atom is 0.244 e. The highest BCUT2D eigenvalue weighted by atomic mass is 35.5. The van der Waals surface area contributed by atoms with Gasteiger partial charge in [0.2, 0.25) is 11.8 Å². The quantitative estimate of drug-likeness (QED) is 0.886. The fraction of sp³-hybridized carbons (Fsp3) is 0.176. The molecule has 0 heterocycles. The standard InChI is InChI=1S/C17H16Cl2N2O2/c1-12(22)21(10-13-6-2-3-7-14(13)18)11-17(23)20-16-9-5-4-8-15(16)19/h2-9H,10-11H2,1H3,(H,20,23). The first-order valence-electron chi connectivity index (χ1n) is 7.00. The Labute approximate surface area is 145 Å². The lowest BCUT2D eigenvalue weighted by Crippen LogP contribution is -2.36. The number of para-hydroxylation sites is 1. The predicted octanol–water partition coefficient (Wildman–Crippen LogP) is 3.98. The van der Waals surface area contributed by atoms with Gasteiger partial charge in [0.1, 0.15) is 6.54 Å². The Morgan fingerprint density at radius 3 is 2.22 bits per heavy atom. The molecular weight excluding hydrogens is 335 g/mol. The Balaban J connectivity index is 2.05. The smallest absolute Gasteiger partial charge is 0.244 e. The second-order valence-corrected chi connectivity index (χ2v) is 5.81. The SMILES string of the molecule is CC(=O)N(CC(=O)Nc1ccccc1Cl)Cc1ccccc1Cl. The molecular formula is C17H16Cl2N2O2. The van der Waals surface area contributed by atoms with E-state index in [-0.39, 0.29) is 24.9 Å². The van der Waals surface area contributed by atoms with Gasteiger partial charge in [-0.2, -0.15) is 0 Å². The fourth-order valence-electron chi connectivity index (χ4n) is 2.04. The van der Waals surface area contributed by atoms with Gasteiger partial charge < -0.3 is 10.2 Å². The third kappa shape index (κ3) is 4.98. The zero-order chi connectivity index (χ0) is 16.8. The topological polar surface area (TPSA) is 49.4 Å². The predicted molar refractivity (Wildman–Crippen MR) is 92.6 cm³/mol.